The standard InChI is InChI=1S/C15H18N2O3S/c1-4-20-15(18)13-11-8-21-12-7-9(19-3)5-6-10(12)14(11)17(2)16-13/h7H,4-6,8H2,1-3H3. The van der Waals surface area contributed by atoms with Crippen molar-refractivity contribution in [1.29, 1.82) is 0 Å². The quantitative estimate of drug-likeness (QED) is 0.804. The number of aryl methyl sites for hydroxylation is 1. The molecule has 0 fully saturated rings. The van der Waals surface area contributed by atoms with Crippen LogP contribution in [0.3, 0.4) is 0 Å². The molecule has 1 aliphatic heterocycles. The number of carbonyl (C=O) groups excluding carboxylic acids is 1. The number of hydrogen-bond donors (Lipinski definition) is 0. The first-order chi connectivity index (χ1) is 10.2. The third-order valence-corrected chi connectivity index (χ3v) is 4.85. The van der Waals surface area contributed by atoms with Crippen LogP contribution in [-0.4, -0.2) is 29.5 Å². The Morgan fingerprint density at radius 3 is 3.00 bits per heavy atom. The molecule has 6 heteroatoms. The summed E-state index contributed by atoms with van der Waals surface area (Å²) >= 11 is 1.73. The van der Waals surface area contributed by atoms with Crippen molar-refractivity contribution in [2.45, 2.75) is 25.5 Å². The van der Waals surface area contributed by atoms with E-state index in [0.717, 1.165) is 35.6 Å². The van der Waals surface area contributed by atoms with Gasteiger partial charge in [-0.3, -0.25) is 4.68 Å². The number of esters is 1. The van der Waals surface area contributed by atoms with E-state index in [1.807, 2.05) is 11.7 Å². The monoisotopic (exact) mass is 306 g/mol. The number of ether oxygens (including phenoxy) is 2. The summed E-state index contributed by atoms with van der Waals surface area (Å²) in [5.74, 6) is 1.42. The molecule has 0 bridgehead atoms. The summed E-state index contributed by atoms with van der Waals surface area (Å²) in [5, 5.41) is 4.38. The van der Waals surface area contributed by atoms with Crippen molar-refractivity contribution >= 4 is 23.3 Å². The van der Waals surface area contributed by atoms with E-state index in [0.29, 0.717) is 12.3 Å². The molecule has 0 spiro atoms. The summed E-state index contributed by atoms with van der Waals surface area (Å²) in [7, 11) is 3.59. The van der Waals surface area contributed by atoms with E-state index in [2.05, 4.69) is 11.2 Å². The van der Waals surface area contributed by atoms with Crippen LogP contribution < -0.4 is 0 Å². The predicted octanol–water partition coefficient (Wildman–Crippen LogP) is 2.88. The van der Waals surface area contributed by atoms with Crippen LogP contribution in [0.15, 0.2) is 16.7 Å². The fourth-order valence-electron chi connectivity index (χ4n) is 2.80. The first kappa shape index (κ1) is 14.3. The maximum atomic E-state index is 12.0. The van der Waals surface area contributed by atoms with Gasteiger partial charge in [0, 0.05) is 29.7 Å². The lowest BCUT2D eigenvalue weighted by atomic mass is 9.97. The number of allylic oxidation sites excluding steroid dienone is 3. The zero-order chi connectivity index (χ0) is 15.0. The highest BCUT2D eigenvalue weighted by molar-refractivity contribution is 8.02. The molecule has 0 N–H and O–H groups in total. The van der Waals surface area contributed by atoms with Gasteiger partial charge in [-0.15, -0.1) is 11.8 Å². The number of carbonyl (C=O) groups is 1. The van der Waals surface area contributed by atoms with Gasteiger partial charge in [-0.1, -0.05) is 0 Å². The van der Waals surface area contributed by atoms with Gasteiger partial charge in [0.2, 0.25) is 0 Å². The highest BCUT2D eigenvalue weighted by Gasteiger charge is 2.31. The number of hydrogen-bond acceptors (Lipinski definition) is 5. The molecule has 2 heterocycles. The fraction of sp³-hybridized carbons (Fsp3) is 0.467. The maximum absolute atomic E-state index is 12.0. The van der Waals surface area contributed by atoms with Crippen molar-refractivity contribution in [2.75, 3.05) is 13.7 Å². The summed E-state index contributed by atoms with van der Waals surface area (Å²) in [6, 6.07) is 0. The molecule has 1 aromatic rings. The van der Waals surface area contributed by atoms with E-state index in [1.165, 1.54) is 10.5 Å². The van der Waals surface area contributed by atoms with Gasteiger partial charge in [0.05, 0.1) is 25.2 Å². The Morgan fingerprint density at radius 2 is 2.29 bits per heavy atom. The second-order valence-corrected chi connectivity index (χ2v) is 5.98. The molecule has 0 aromatic carbocycles. The number of fused-ring (bicyclic) bond motifs is 2. The number of aromatic nitrogens is 2. The second kappa shape index (κ2) is 5.60. The Morgan fingerprint density at radius 1 is 1.48 bits per heavy atom. The zero-order valence-electron chi connectivity index (χ0n) is 12.4. The van der Waals surface area contributed by atoms with Gasteiger partial charge in [0.1, 0.15) is 0 Å². The van der Waals surface area contributed by atoms with Crippen LogP contribution in [0.1, 0.15) is 41.5 Å². The Kier molecular flexibility index (Phi) is 3.80. The van der Waals surface area contributed by atoms with Crippen molar-refractivity contribution in [3.05, 3.63) is 33.7 Å². The van der Waals surface area contributed by atoms with E-state index in [9.17, 15) is 4.79 Å². The van der Waals surface area contributed by atoms with Gasteiger partial charge >= 0.3 is 5.97 Å². The number of thioether (sulfide) groups is 1. The van der Waals surface area contributed by atoms with Crippen molar-refractivity contribution in [2.24, 2.45) is 7.05 Å². The van der Waals surface area contributed by atoms with E-state index in [4.69, 9.17) is 9.47 Å². The normalized spacial score (nSPS) is 17.0. The molecular weight excluding hydrogens is 288 g/mol. The molecule has 0 radical (unpaired) electrons. The molecule has 1 aromatic heterocycles. The third kappa shape index (κ3) is 2.37. The number of methoxy groups -OCH3 is 1. The molecular formula is C15H18N2O3S. The molecule has 3 rings (SSSR count). The minimum Gasteiger partial charge on any atom is -0.501 e. The van der Waals surface area contributed by atoms with Crippen LogP contribution in [0.4, 0.5) is 0 Å². The van der Waals surface area contributed by atoms with E-state index < -0.39 is 0 Å². The Hall–Kier alpha value is -1.69. The Bertz CT molecular complexity index is 658. The molecule has 1 aliphatic carbocycles. The maximum Gasteiger partial charge on any atom is 0.359 e. The fourth-order valence-corrected chi connectivity index (χ4v) is 3.96. The predicted molar refractivity (Wildman–Crippen MR) is 81.7 cm³/mol. The van der Waals surface area contributed by atoms with Gasteiger partial charge in [-0.2, -0.15) is 5.10 Å². The lowest BCUT2D eigenvalue weighted by Crippen LogP contribution is -2.10. The summed E-state index contributed by atoms with van der Waals surface area (Å²) in [6.07, 6.45) is 3.90. The van der Waals surface area contributed by atoms with E-state index in [-0.39, 0.29) is 5.97 Å². The first-order valence-corrected chi connectivity index (χ1v) is 7.98. The molecule has 0 amide bonds. The topological polar surface area (TPSA) is 53.3 Å². The summed E-state index contributed by atoms with van der Waals surface area (Å²) in [4.78, 5) is 13.3. The van der Waals surface area contributed by atoms with Crippen LogP contribution in [0.2, 0.25) is 0 Å². The SMILES string of the molecule is CCOC(=O)c1nn(C)c2c1CSC1=C2CCC(OC)=C1. The average Bonchev–Trinajstić information content (AvgIpc) is 2.84. The van der Waals surface area contributed by atoms with Crippen LogP contribution >= 0.6 is 11.8 Å². The van der Waals surface area contributed by atoms with Gasteiger partial charge in [0.25, 0.3) is 0 Å². The second-order valence-electron chi connectivity index (χ2n) is 4.97. The number of rotatable bonds is 3. The Labute approximate surface area is 128 Å². The van der Waals surface area contributed by atoms with Crippen molar-refractivity contribution in [3.63, 3.8) is 0 Å². The molecule has 112 valence electrons. The summed E-state index contributed by atoms with van der Waals surface area (Å²) in [5.41, 5.74) is 3.77. The molecule has 0 unspecified atom stereocenters. The third-order valence-electron chi connectivity index (χ3n) is 3.75. The summed E-state index contributed by atoms with van der Waals surface area (Å²) in [6.45, 7) is 2.17. The van der Waals surface area contributed by atoms with Crippen LogP contribution in [0, 0.1) is 0 Å². The first-order valence-electron chi connectivity index (χ1n) is 6.99. The van der Waals surface area contributed by atoms with Gasteiger partial charge in [-0.25, -0.2) is 4.79 Å². The van der Waals surface area contributed by atoms with Gasteiger partial charge in [-0.05, 0) is 25.0 Å². The lowest BCUT2D eigenvalue weighted by Gasteiger charge is -2.24. The molecule has 0 saturated heterocycles. The zero-order valence-corrected chi connectivity index (χ0v) is 13.2. The van der Waals surface area contributed by atoms with Crippen LogP contribution in [-0.2, 0) is 22.3 Å². The molecule has 21 heavy (non-hydrogen) atoms. The minimum atomic E-state index is -0.331. The highest BCUT2D eigenvalue weighted by atomic mass is 32.2. The molecule has 2 aliphatic rings. The largest absolute Gasteiger partial charge is 0.501 e. The minimum absolute atomic E-state index is 0.331. The van der Waals surface area contributed by atoms with Crippen molar-refractivity contribution in [3.8, 4) is 0 Å². The summed E-state index contributed by atoms with van der Waals surface area (Å²) < 4.78 is 12.3. The molecule has 0 saturated carbocycles. The van der Waals surface area contributed by atoms with Crippen molar-refractivity contribution < 1.29 is 14.3 Å². The smallest absolute Gasteiger partial charge is 0.359 e. The van der Waals surface area contributed by atoms with Crippen LogP contribution in [0.5, 0.6) is 0 Å². The lowest BCUT2D eigenvalue weighted by molar-refractivity contribution is 0.0517. The van der Waals surface area contributed by atoms with E-state index >= 15 is 0 Å². The van der Waals surface area contributed by atoms with Gasteiger partial charge in [0.15, 0.2) is 5.69 Å². The average molecular weight is 306 g/mol. The molecule has 0 atom stereocenters. The van der Waals surface area contributed by atoms with Crippen molar-refractivity contribution in [1.82, 2.24) is 9.78 Å². The Balaban J connectivity index is 2.06. The van der Waals surface area contributed by atoms with Gasteiger partial charge < -0.3 is 9.47 Å². The molecule has 5 nitrogen and oxygen atoms in total. The van der Waals surface area contributed by atoms with E-state index in [1.54, 1.807) is 25.8 Å². The highest BCUT2D eigenvalue weighted by Crippen LogP contribution is 2.45. The number of nitrogens with zero attached hydrogens (tertiary/aromatic N) is 2. The van der Waals surface area contributed by atoms with Crippen LogP contribution in [0.25, 0.3) is 5.57 Å².